The van der Waals surface area contributed by atoms with E-state index < -0.39 is 11.7 Å². The van der Waals surface area contributed by atoms with E-state index in [0.717, 1.165) is 12.5 Å². The van der Waals surface area contributed by atoms with Crippen molar-refractivity contribution in [2.24, 2.45) is 0 Å². The Hall–Kier alpha value is -3.46. The molecule has 4 aromatic rings. The van der Waals surface area contributed by atoms with E-state index in [4.69, 9.17) is 20.8 Å². The van der Waals surface area contributed by atoms with Crippen LogP contribution in [0.1, 0.15) is 35.4 Å². The number of hydrogen-bond acceptors (Lipinski definition) is 6. The Morgan fingerprint density at radius 2 is 1.91 bits per heavy atom. The zero-order chi connectivity index (χ0) is 23.6. The lowest BCUT2D eigenvalue weighted by molar-refractivity contribution is 0.0174. The maximum Gasteiger partial charge on any atom is 0.439 e. The van der Waals surface area contributed by atoms with Crippen LogP contribution in [0.5, 0.6) is 5.75 Å². The van der Waals surface area contributed by atoms with Crippen molar-refractivity contribution in [3.05, 3.63) is 86.5 Å². The summed E-state index contributed by atoms with van der Waals surface area (Å²) < 4.78 is 42.7. The molecule has 1 N–H and O–H groups in total. The monoisotopic (exact) mass is 475 g/mol. The van der Waals surface area contributed by atoms with Gasteiger partial charge < -0.3 is 9.15 Å². The van der Waals surface area contributed by atoms with Gasteiger partial charge in [0.25, 0.3) is 5.92 Å². The summed E-state index contributed by atoms with van der Waals surface area (Å²) in [5, 5.41) is 3.95. The number of nitrogens with zero attached hydrogens (tertiary/aromatic N) is 2. The second-order valence-corrected chi connectivity index (χ2v) is 7.98. The van der Waals surface area contributed by atoms with Crippen LogP contribution in [0, 0.1) is 6.92 Å². The van der Waals surface area contributed by atoms with Crippen molar-refractivity contribution >= 4 is 11.6 Å². The molecule has 33 heavy (non-hydrogen) atoms. The van der Waals surface area contributed by atoms with Gasteiger partial charge in [0.05, 0.1) is 10.7 Å². The lowest BCUT2D eigenvalue weighted by atomic mass is 10.0. The van der Waals surface area contributed by atoms with Gasteiger partial charge in [0.1, 0.15) is 12.4 Å². The van der Waals surface area contributed by atoms with Crippen molar-refractivity contribution in [3.63, 3.8) is 0 Å². The maximum atomic E-state index is 13.3. The fraction of sp³-hybridized carbons (Fsp3) is 0.261. The minimum absolute atomic E-state index is 0.0138. The van der Waals surface area contributed by atoms with Crippen LogP contribution in [-0.4, -0.2) is 15.1 Å². The van der Waals surface area contributed by atoms with E-state index in [9.17, 15) is 13.6 Å². The highest BCUT2D eigenvalue weighted by atomic mass is 35.5. The minimum Gasteiger partial charge on any atom is -0.486 e. The second kappa shape index (κ2) is 9.19. The Labute approximate surface area is 192 Å². The lowest BCUT2D eigenvalue weighted by Gasteiger charge is -2.10. The highest BCUT2D eigenvalue weighted by Gasteiger charge is 2.23. The first-order valence-corrected chi connectivity index (χ1v) is 10.5. The topological polar surface area (TPSA) is 94.2 Å². The summed E-state index contributed by atoms with van der Waals surface area (Å²) in [5.41, 5.74) is 2.11. The van der Waals surface area contributed by atoms with E-state index in [1.54, 1.807) is 30.3 Å². The molecule has 0 amide bonds. The van der Waals surface area contributed by atoms with E-state index in [-0.39, 0.29) is 18.0 Å². The third-order valence-electron chi connectivity index (χ3n) is 5.03. The molecule has 0 fully saturated rings. The van der Waals surface area contributed by atoms with E-state index in [1.807, 2.05) is 6.92 Å². The van der Waals surface area contributed by atoms with Crippen molar-refractivity contribution in [3.8, 4) is 17.1 Å². The van der Waals surface area contributed by atoms with Crippen molar-refractivity contribution < 1.29 is 22.5 Å². The van der Waals surface area contributed by atoms with E-state index >= 15 is 0 Å². The van der Waals surface area contributed by atoms with Gasteiger partial charge in [-0.15, -0.1) is 0 Å². The van der Waals surface area contributed by atoms with Gasteiger partial charge >= 0.3 is 5.76 Å². The summed E-state index contributed by atoms with van der Waals surface area (Å²) in [6.45, 7) is 2.85. The largest absolute Gasteiger partial charge is 0.486 e. The zero-order valence-corrected chi connectivity index (χ0v) is 18.6. The summed E-state index contributed by atoms with van der Waals surface area (Å²) in [5.74, 6) is -1.68. The zero-order valence-electron chi connectivity index (χ0n) is 17.8. The van der Waals surface area contributed by atoms with Crippen molar-refractivity contribution in [2.45, 2.75) is 39.2 Å². The van der Waals surface area contributed by atoms with Crippen LogP contribution in [0.3, 0.4) is 0 Å². The van der Waals surface area contributed by atoms with Crippen molar-refractivity contribution in [1.29, 1.82) is 0 Å². The molecule has 10 heteroatoms. The molecule has 0 saturated carbocycles. The number of halogens is 3. The van der Waals surface area contributed by atoms with Gasteiger partial charge in [0.2, 0.25) is 0 Å². The molecule has 0 bridgehead atoms. The summed E-state index contributed by atoms with van der Waals surface area (Å²) in [7, 11) is 0. The quantitative estimate of drug-likeness (QED) is 0.364. The molecular formula is C23H20ClF2N3O4. The second-order valence-electron chi connectivity index (χ2n) is 7.58. The Balaban J connectivity index is 1.36. The molecular weight excluding hydrogens is 456 g/mol. The number of nitrogens with one attached hydrogen (secondary N) is 1. The molecule has 0 saturated heterocycles. The number of benzene rings is 2. The van der Waals surface area contributed by atoms with E-state index in [0.29, 0.717) is 46.5 Å². The SMILES string of the molecule is Cc1nc(CCc2ccc(C(C)(F)F)cc2)oc1COc1ccc(-c2noc(=O)[nH]2)c(Cl)c1. The summed E-state index contributed by atoms with van der Waals surface area (Å²) in [6, 6.07) is 11.2. The summed E-state index contributed by atoms with van der Waals surface area (Å²) in [4.78, 5) is 18.0. The molecule has 4 rings (SSSR count). The first kappa shape index (κ1) is 22.7. The molecule has 0 atom stereocenters. The summed E-state index contributed by atoms with van der Waals surface area (Å²) >= 11 is 6.26. The average Bonchev–Trinajstić information content (AvgIpc) is 3.35. The van der Waals surface area contributed by atoms with Crippen LogP contribution in [0.15, 0.2) is 56.2 Å². The maximum absolute atomic E-state index is 13.3. The molecule has 0 unspecified atom stereocenters. The average molecular weight is 476 g/mol. The third kappa shape index (κ3) is 5.48. The highest BCUT2D eigenvalue weighted by Crippen LogP contribution is 2.29. The number of aromatic nitrogens is 3. The van der Waals surface area contributed by atoms with Gasteiger partial charge in [0, 0.05) is 24.5 Å². The number of oxazole rings is 1. The Bertz CT molecular complexity index is 1310. The molecule has 0 aliphatic heterocycles. The molecule has 0 aliphatic carbocycles. The van der Waals surface area contributed by atoms with Gasteiger partial charge in [-0.1, -0.05) is 41.0 Å². The molecule has 2 aromatic heterocycles. The van der Waals surface area contributed by atoms with Crippen LogP contribution < -0.4 is 10.5 Å². The van der Waals surface area contributed by atoms with Gasteiger partial charge in [-0.25, -0.2) is 18.6 Å². The first-order valence-electron chi connectivity index (χ1n) is 10.1. The van der Waals surface area contributed by atoms with E-state index in [2.05, 4.69) is 19.6 Å². The Kier molecular flexibility index (Phi) is 6.33. The minimum atomic E-state index is -2.85. The normalized spacial score (nSPS) is 11.7. The molecule has 7 nitrogen and oxygen atoms in total. The fourth-order valence-electron chi connectivity index (χ4n) is 3.22. The lowest BCUT2D eigenvalue weighted by Crippen LogP contribution is -2.06. The van der Waals surface area contributed by atoms with Crippen molar-refractivity contribution in [1.82, 2.24) is 15.1 Å². The predicted molar refractivity (Wildman–Crippen MR) is 117 cm³/mol. The van der Waals surface area contributed by atoms with Gasteiger partial charge in [-0.3, -0.25) is 9.51 Å². The summed E-state index contributed by atoms with van der Waals surface area (Å²) in [6.07, 6.45) is 1.14. The number of ether oxygens (including phenoxy) is 1. The predicted octanol–water partition coefficient (Wildman–Crippen LogP) is 5.46. The van der Waals surface area contributed by atoms with Crippen LogP contribution in [-0.2, 0) is 25.4 Å². The van der Waals surface area contributed by atoms with Crippen LogP contribution in [0.25, 0.3) is 11.4 Å². The standard InChI is InChI=1S/C23H20ClF2N3O4/c1-13-19(12-31-16-8-9-17(18(24)11-16)21-28-22(30)33-29-21)32-20(27-13)10-5-14-3-6-15(7-4-14)23(2,25)26/h3-4,6-9,11H,5,10,12H2,1-2H3,(H,28,29,30). The first-order chi connectivity index (χ1) is 15.7. The van der Waals surface area contributed by atoms with Crippen LogP contribution >= 0.6 is 11.6 Å². The number of aryl methyl sites for hydroxylation is 3. The molecule has 0 spiro atoms. The molecule has 0 aliphatic rings. The van der Waals surface area contributed by atoms with Crippen LogP contribution in [0.4, 0.5) is 8.78 Å². The van der Waals surface area contributed by atoms with Gasteiger partial charge in [-0.2, -0.15) is 0 Å². The van der Waals surface area contributed by atoms with E-state index in [1.165, 1.54) is 12.1 Å². The molecule has 2 heterocycles. The Morgan fingerprint density at radius 3 is 2.55 bits per heavy atom. The molecule has 0 radical (unpaired) electrons. The number of hydrogen-bond donors (Lipinski definition) is 1. The number of H-pyrrole nitrogens is 1. The van der Waals surface area contributed by atoms with Gasteiger partial charge in [0.15, 0.2) is 17.5 Å². The smallest absolute Gasteiger partial charge is 0.439 e. The van der Waals surface area contributed by atoms with Crippen molar-refractivity contribution in [2.75, 3.05) is 0 Å². The molecule has 2 aromatic carbocycles. The van der Waals surface area contributed by atoms with Crippen LogP contribution in [0.2, 0.25) is 5.02 Å². The Morgan fingerprint density at radius 1 is 1.15 bits per heavy atom. The fourth-order valence-corrected chi connectivity index (χ4v) is 3.48. The third-order valence-corrected chi connectivity index (χ3v) is 5.34. The number of alkyl halides is 2. The number of rotatable bonds is 8. The number of aromatic amines is 1. The molecule has 172 valence electrons. The van der Waals surface area contributed by atoms with Gasteiger partial charge in [-0.05, 0) is 37.1 Å². The highest BCUT2D eigenvalue weighted by molar-refractivity contribution is 6.33.